The van der Waals surface area contributed by atoms with Crippen molar-refractivity contribution in [3.63, 3.8) is 0 Å². The Balaban J connectivity index is 1.67. The van der Waals surface area contributed by atoms with Crippen LogP contribution in [0.4, 0.5) is 0 Å². The van der Waals surface area contributed by atoms with Gasteiger partial charge in [0.15, 0.2) is 14.6 Å². The zero-order valence-electron chi connectivity index (χ0n) is 14.1. The van der Waals surface area contributed by atoms with Gasteiger partial charge in [0.05, 0.1) is 0 Å². The predicted molar refractivity (Wildman–Crippen MR) is 90.1 cm³/mol. The van der Waals surface area contributed by atoms with E-state index in [1.165, 1.54) is 31.9 Å². The molecule has 0 atom stereocenters. The number of sulfone groups is 1. The molecule has 3 rings (SSSR count). The van der Waals surface area contributed by atoms with Crippen LogP contribution in [0.2, 0.25) is 0 Å². The first-order valence-electron chi connectivity index (χ1n) is 8.88. The number of hydrogen-bond donors (Lipinski definition) is 1. The summed E-state index contributed by atoms with van der Waals surface area (Å²) in [7, 11) is -3.41. The second-order valence-electron chi connectivity index (χ2n) is 7.28. The summed E-state index contributed by atoms with van der Waals surface area (Å²) in [6.07, 6.45) is 7.19. The average molecular weight is 343 g/mol. The zero-order valence-corrected chi connectivity index (χ0v) is 14.9. The molecule has 1 amide bonds. The third kappa shape index (κ3) is 3.28. The molecule has 132 valence electrons. The molecule has 0 spiro atoms. The van der Waals surface area contributed by atoms with E-state index < -0.39 is 14.6 Å². The summed E-state index contributed by atoms with van der Waals surface area (Å²) in [4.78, 5) is 17.3. The largest absolute Gasteiger partial charge is 0.339 e. The number of carbonyl (C=O) groups excluding carboxylic acids is 1. The van der Waals surface area contributed by atoms with Crippen molar-refractivity contribution in [1.82, 2.24) is 15.1 Å². The van der Waals surface area contributed by atoms with Crippen LogP contribution in [0.25, 0.3) is 0 Å². The molecule has 2 aliphatic heterocycles. The molecule has 3 aliphatic rings. The smallest absolute Gasteiger partial charge is 0.244 e. The molecule has 2 heterocycles. The summed E-state index contributed by atoms with van der Waals surface area (Å²) >= 11 is 0. The van der Waals surface area contributed by atoms with Crippen LogP contribution in [-0.4, -0.2) is 80.4 Å². The minimum absolute atomic E-state index is 0.160. The minimum atomic E-state index is -3.41. The predicted octanol–water partition coefficient (Wildman–Crippen LogP) is 0.240. The first-order valence-corrected chi connectivity index (χ1v) is 10.8. The first kappa shape index (κ1) is 17.2. The molecule has 0 unspecified atom stereocenters. The third-order valence-corrected chi connectivity index (χ3v) is 7.96. The van der Waals surface area contributed by atoms with Gasteiger partial charge in [-0.2, -0.15) is 0 Å². The quantitative estimate of drug-likeness (QED) is 0.795. The van der Waals surface area contributed by atoms with E-state index in [1.54, 1.807) is 4.90 Å². The molecule has 0 aromatic carbocycles. The van der Waals surface area contributed by atoms with Crippen molar-refractivity contribution in [2.45, 2.75) is 49.3 Å². The Morgan fingerprint density at radius 1 is 1.04 bits per heavy atom. The summed E-state index contributed by atoms with van der Waals surface area (Å²) < 4.78 is 23.6. The van der Waals surface area contributed by atoms with Crippen LogP contribution in [0.15, 0.2) is 0 Å². The van der Waals surface area contributed by atoms with Gasteiger partial charge in [0, 0.05) is 38.5 Å². The van der Waals surface area contributed by atoms with Gasteiger partial charge >= 0.3 is 0 Å². The number of nitrogens with one attached hydrogen (secondary N) is 1. The number of nitrogens with zero attached hydrogens (tertiary/aromatic N) is 2. The molecular formula is C16H29N3O3S. The highest BCUT2D eigenvalue weighted by atomic mass is 32.2. The van der Waals surface area contributed by atoms with Crippen molar-refractivity contribution in [1.29, 1.82) is 0 Å². The number of piperazine rings is 1. The van der Waals surface area contributed by atoms with Crippen molar-refractivity contribution in [2.75, 3.05) is 45.5 Å². The highest BCUT2D eigenvalue weighted by Crippen LogP contribution is 2.31. The van der Waals surface area contributed by atoms with Gasteiger partial charge in [-0.05, 0) is 38.8 Å². The maximum Gasteiger partial charge on any atom is 0.244 e. The van der Waals surface area contributed by atoms with Gasteiger partial charge in [-0.1, -0.05) is 12.8 Å². The fourth-order valence-electron chi connectivity index (χ4n) is 4.42. The first-order chi connectivity index (χ1) is 10.9. The molecule has 0 aromatic rings. The summed E-state index contributed by atoms with van der Waals surface area (Å²) in [5, 5.41) is 3.17. The lowest BCUT2D eigenvalue weighted by Crippen LogP contribution is -2.61. The Morgan fingerprint density at radius 3 is 2.13 bits per heavy atom. The van der Waals surface area contributed by atoms with Crippen molar-refractivity contribution in [2.24, 2.45) is 0 Å². The van der Waals surface area contributed by atoms with E-state index in [4.69, 9.17) is 0 Å². The average Bonchev–Trinajstić information content (AvgIpc) is 3.08. The molecule has 0 aromatic heterocycles. The summed E-state index contributed by atoms with van der Waals surface area (Å²) in [6.45, 7) is 4.30. The van der Waals surface area contributed by atoms with Gasteiger partial charge in [0.2, 0.25) is 5.91 Å². The number of rotatable bonds is 3. The molecule has 0 bridgehead atoms. The summed E-state index contributed by atoms with van der Waals surface area (Å²) in [5.74, 6) is -0.160. The second-order valence-corrected chi connectivity index (χ2v) is 9.61. The third-order valence-electron chi connectivity index (χ3n) is 5.95. The van der Waals surface area contributed by atoms with E-state index in [0.717, 1.165) is 13.1 Å². The van der Waals surface area contributed by atoms with E-state index in [0.29, 0.717) is 45.1 Å². The maximum absolute atomic E-state index is 13.1. The number of amides is 1. The number of piperidine rings is 1. The highest BCUT2D eigenvalue weighted by Gasteiger charge is 2.50. The fourth-order valence-corrected chi connectivity index (χ4v) is 5.81. The van der Waals surface area contributed by atoms with Crippen molar-refractivity contribution in [3.8, 4) is 0 Å². The van der Waals surface area contributed by atoms with Crippen molar-refractivity contribution in [3.05, 3.63) is 0 Å². The van der Waals surface area contributed by atoms with Gasteiger partial charge in [-0.15, -0.1) is 0 Å². The Bertz CT molecular complexity index is 529. The monoisotopic (exact) mass is 343 g/mol. The standard InChI is InChI=1S/C16H29N3O3S/c1-23(21,22)16(6-8-17-9-7-16)15(20)19-12-10-18(11-13-19)14-4-2-3-5-14/h14,17H,2-13H2,1H3. The van der Waals surface area contributed by atoms with E-state index in [2.05, 4.69) is 10.2 Å². The van der Waals surface area contributed by atoms with Crippen LogP contribution < -0.4 is 5.32 Å². The van der Waals surface area contributed by atoms with Crippen LogP contribution in [0.3, 0.4) is 0 Å². The Hall–Kier alpha value is -0.660. The van der Waals surface area contributed by atoms with Crippen LogP contribution in [0.5, 0.6) is 0 Å². The molecule has 0 radical (unpaired) electrons. The summed E-state index contributed by atoms with van der Waals surface area (Å²) in [6, 6.07) is 0.676. The molecule has 7 heteroatoms. The second kappa shape index (κ2) is 6.69. The molecule has 1 N–H and O–H groups in total. The minimum Gasteiger partial charge on any atom is -0.339 e. The fraction of sp³-hybridized carbons (Fsp3) is 0.938. The van der Waals surface area contributed by atoms with Gasteiger partial charge in [0.25, 0.3) is 0 Å². The van der Waals surface area contributed by atoms with E-state index in [-0.39, 0.29) is 5.91 Å². The topological polar surface area (TPSA) is 69.7 Å². The normalized spacial score (nSPS) is 27.3. The van der Waals surface area contributed by atoms with E-state index in [1.807, 2.05) is 0 Å². The summed E-state index contributed by atoms with van der Waals surface area (Å²) in [5.41, 5.74) is 0. The number of carbonyl (C=O) groups is 1. The lowest BCUT2D eigenvalue weighted by molar-refractivity contribution is -0.136. The maximum atomic E-state index is 13.1. The van der Waals surface area contributed by atoms with Gasteiger partial charge in [-0.3, -0.25) is 9.69 Å². The van der Waals surface area contributed by atoms with Gasteiger partial charge in [0.1, 0.15) is 0 Å². The molecule has 1 saturated carbocycles. The Labute approximate surface area is 139 Å². The molecule has 3 fully saturated rings. The van der Waals surface area contributed by atoms with Gasteiger partial charge in [-0.25, -0.2) is 8.42 Å². The van der Waals surface area contributed by atoms with Crippen molar-refractivity contribution >= 4 is 15.7 Å². The van der Waals surface area contributed by atoms with Crippen LogP contribution in [-0.2, 0) is 14.6 Å². The lowest BCUT2D eigenvalue weighted by Gasteiger charge is -2.43. The molecule has 23 heavy (non-hydrogen) atoms. The SMILES string of the molecule is CS(=O)(=O)C1(C(=O)N2CCN(C3CCCC3)CC2)CCNCC1. The molecular weight excluding hydrogens is 314 g/mol. The Morgan fingerprint density at radius 2 is 1.61 bits per heavy atom. The molecule has 6 nitrogen and oxygen atoms in total. The van der Waals surface area contributed by atoms with E-state index in [9.17, 15) is 13.2 Å². The van der Waals surface area contributed by atoms with Crippen molar-refractivity contribution < 1.29 is 13.2 Å². The van der Waals surface area contributed by atoms with Crippen LogP contribution >= 0.6 is 0 Å². The van der Waals surface area contributed by atoms with Crippen LogP contribution in [0.1, 0.15) is 38.5 Å². The van der Waals surface area contributed by atoms with Gasteiger partial charge < -0.3 is 10.2 Å². The molecule has 1 aliphatic carbocycles. The highest BCUT2D eigenvalue weighted by molar-refractivity contribution is 7.92. The Kier molecular flexibility index (Phi) is 4.99. The molecule has 2 saturated heterocycles. The van der Waals surface area contributed by atoms with Crippen LogP contribution in [0, 0.1) is 0 Å². The lowest BCUT2D eigenvalue weighted by atomic mass is 9.94. The van der Waals surface area contributed by atoms with E-state index >= 15 is 0 Å². The number of hydrogen-bond acceptors (Lipinski definition) is 5. The zero-order chi connectivity index (χ0) is 16.5.